The maximum absolute atomic E-state index is 13.8. The molecule has 2 aromatic heterocycles. The zero-order valence-electron chi connectivity index (χ0n) is 11.8. The summed E-state index contributed by atoms with van der Waals surface area (Å²) in [5.74, 6) is -2.49. The normalized spacial score (nSPS) is 10.9. The van der Waals surface area contributed by atoms with Gasteiger partial charge in [-0.25, -0.2) is 13.8 Å². The molecule has 0 amide bonds. The molecule has 110 valence electrons. The highest BCUT2D eigenvalue weighted by atomic mass is 19.1. The van der Waals surface area contributed by atoms with Crippen LogP contribution in [0.25, 0.3) is 16.6 Å². The van der Waals surface area contributed by atoms with Gasteiger partial charge in [0.2, 0.25) is 5.78 Å². The first-order chi connectivity index (χ1) is 10.5. The van der Waals surface area contributed by atoms with Gasteiger partial charge < -0.3 is 4.98 Å². The van der Waals surface area contributed by atoms with E-state index in [4.69, 9.17) is 0 Å². The van der Waals surface area contributed by atoms with E-state index < -0.39 is 23.0 Å². The summed E-state index contributed by atoms with van der Waals surface area (Å²) in [6, 6.07) is 5.07. The number of H-pyrrole nitrogens is 1. The quantitative estimate of drug-likeness (QED) is 0.740. The minimum Gasteiger partial charge on any atom is -0.345 e. The fraction of sp³-hybridized carbons (Fsp3) is 0.0588. The summed E-state index contributed by atoms with van der Waals surface area (Å²) in [4.78, 5) is 19.5. The second kappa shape index (κ2) is 5.18. The van der Waals surface area contributed by atoms with Crippen LogP contribution in [0.3, 0.4) is 0 Å². The number of allylic oxidation sites excluding steroid dienone is 1. The van der Waals surface area contributed by atoms with Gasteiger partial charge in [0.05, 0.1) is 5.56 Å². The van der Waals surface area contributed by atoms with E-state index in [2.05, 4.69) is 16.5 Å². The molecule has 0 fully saturated rings. The van der Waals surface area contributed by atoms with Gasteiger partial charge in [0, 0.05) is 23.3 Å². The molecule has 0 radical (unpaired) electrons. The number of nitrogens with one attached hydrogen (secondary N) is 1. The lowest BCUT2D eigenvalue weighted by Gasteiger charge is -2.04. The Kier molecular flexibility index (Phi) is 3.33. The number of fused-ring (bicyclic) bond motifs is 1. The second-order valence-electron chi connectivity index (χ2n) is 5.03. The third-order valence-electron chi connectivity index (χ3n) is 3.46. The number of aromatic nitrogens is 2. The van der Waals surface area contributed by atoms with Crippen molar-refractivity contribution in [1.29, 1.82) is 0 Å². The lowest BCUT2D eigenvalue weighted by molar-refractivity contribution is 0.103. The van der Waals surface area contributed by atoms with Crippen LogP contribution in [0.1, 0.15) is 28.4 Å². The lowest BCUT2D eigenvalue weighted by atomic mass is 10.0. The van der Waals surface area contributed by atoms with Crippen molar-refractivity contribution in [2.24, 2.45) is 0 Å². The number of pyridine rings is 1. The van der Waals surface area contributed by atoms with Gasteiger partial charge in [0.25, 0.3) is 0 Å². The summed E-state index contributed by atoms with van der Waals surface area (Å²) in [6.45, 7) is 5.64. The first kappa shape index (κ1) is 14.1. The minimum absolute atomic E-state index is 0.176. The monoisotopic (exact) mass is 298 g/mol. The van der Waals surface area contributed by atoms with Crippen molar-refractivity contribution in [3.8, 4) is 0 Å². The Hall–Kier alpha value is -2.82. The molecule has 0 saturated heterocycles. The van der Waals surface area contributed by atoms with Crippen LogP contribution in [0.2, 0.25) is 0 Å². The Balaban J connectivity index is 2.19. The molecule has 0 spiro atoms. The predicted octanol–water partition coefficient (Wildman–Crippen LogP) is 4.11. The molecule has 0 aliphatic heterocycles. The predicted molar refractivity (Wildman–Crippen MR) is 80.6 cm³/mol. The third-order valence-corrected chi connectivity index (χ3v) is 3.46. The molecule has 0 unspecified atom stereocenters. The van der Waals surface area contributed by atoms with Gasteiger partial charge in [-0.2, -0.15) is 0 Å². The number of hydrogen-bond acceptors (Lipinski definition) is 2. The molecule has 0 aliphatic rings. The molecule has 5 heteroatoms. The number of nitrogens with zero attached hydrogens (tertiary/aromatic N) is 1. The van der Waals surface area contributed by atoms with E-state index in [1.54, 1.807) is 12.3 Å². The van der Waals surface area contributed by atoms with Gasteiger partial charge in [-0.1, -0.05) is 12.6 Å². The van der Waals surface area contributed by atoms with Gasteiger partial charge in [0.1, 0.15) is 17.3 Å². The minimum atomic E-state index is -0.886. The zero-order chi connectivity index (χ0) is 15.9. The average molecular weight is 298 g/mol. The molecule has 0 aliphatic carbocycles. The third kappa shape index (κ3) is 2.20. The van der Waals surface area contributed by atoms with Gasteiger partial charge in [-0.05, 0) is 36.3 Å². The van der Waals surface area contributed by atoms with Crippen molar-refractivity contribution in [3.63, 3.8) is 0 Å². The van der Waals surface area contributed by atoms with Crippen LogP contribution in [0, 0.1) is 11.6 Å². The van der Waals surface area contributed by atoms with E-state index in [0.717, 1.165) is 23.3 Å². The van der Waals surface area contributed by atoms with E-state index in [1.165, 1.54) is 12.3 Å². The van der Waals surface area contributed by atoms with E-state index in [1.807, 2.05) is 6.92 Å². The van der Waals surface area contributed by atoms with E-state index in [0.29, 0.717) is 11.0 Å². The van der Waals surface area contributed by atoms with Crippen LogP contribution in [0.5, 0.6) is 0 Å². The molecular formula is C17H12F2N2O. The number of aromatic amines is 1. The van der Waals surface area contributed by atoms with Crippen LogP contribution in [0.15, 0.2) is 43.2 Å². The van der Waals surface area contributed by atoms with Gasteiger partial charge in [0.15, 0.2) is 0 Å². The largest absolute Gasteiger partial charge is 0.345 e. The molecular weight excluding hydrogens is 286 g/mol. The molecule has 0 saturated carbocycles. The summed E-state index contributed by atoms with van der Waals surface area (Å²) in [5, 5.41) is 0.508. The first-order valence-electron chi connectivity index (χ1n) is 6.60. The van der Waals surface area contributed by atoms with Crippen LogP contribution < -0.4 is 0 Å². The van der Waals surface area contributed by atoms with Gasteiger partial charge >= 0.3 is 0 Å². The zero-order valence-corrected chi connectivity index (χ0v) is 11.8. The number of carbonyl (C=O) groups is 1. The van der Waals surface area contributed by atoms with E-state index in [-0.39, 0.29) is 5.56 Å². The molecule has 2 heterocycles. The Morgan fingerprint density at radius 3 is 2.59 bits per heavy atom. The summed E-state index contributed by atoms with van der Waals surface area (Å²) in [6.07, 6.45) is 3.03. The maximum atomic E-state index is 13.8. The average Bonchev–Trinajstić information content (AvgIpc) is 2.89. The van der Waals surface area contributed by atoms with E-state index in [9.17, 15) is 13.6 Å². The summed E-state index contributed by atoms with van der Waals surface area (Å²) < 4.78 is 27.6. The molecule has 22 heavy (non-hydrogen) atoms. The van der Waals surface area contributed by atoms with Crippen molar-refractivity contribution in [1.82, 2.24) is 9.97 Å². The number of hydrogen-bond donors (Lipinski definition) is 1. The maximum Gasteiger partial charge on any atom is 0.201 e. The highest BCUT2D eigenvalue weighted by Crippen LogP contribution is 2.25. The summed E-state index contributed by atoms with van der Waals surface area (Å²) in [7, 11) is 0. The highest BCUT2D eigenvalue weighted by molar-refractivity contribution is 6.16. The highest BCUT2D eigenvalue weighted by Gasteiger charge is 2.22. The number of halogens is 2. The van der Waals surface area contributed by atoms with Crippen molar-refractivity contribution in [2.75, 3.05) is 0 Å². The smallest absolute Gasteiger partial charge is 0.201 e. The molecule has 0 bridgehead atoms. The van der Waals surface area contributed by atoms with Crippen LogP contribution >= 0.6 is 0 Å². The standard InChI is InChI=1S/C17H12F2N2O/c1-9(2)10-6-11-12(8-21-17(11)20-7-10)16(22)15-13(18)4-3-5-14(15)19/h3-8H,1H2,2H3,(H,20,21). The molecule has 3 nitrogen and oxygen atoms in total. The fourth-order valence-corrected chi connectivity index (χ4v) is 2.27. The molecule has 1 aromatic carbocycles. The van der Waals surface area contributed by atoms with E-state index >= 15 is 0 Å². The topological polar surface area (TPSA) is 45.8 Å². The molecule has 3 rings (SSSR count). The fourth-order valence-electron chi connectivity index (χ4n) is 2.27. The van der Waals surface area contributed by atoms with Crippen molar-refractivity contribution in [2.45, 2.75) is 6.92 Å². The van der Waals surface area contributed by atoms with Crippen LogP contribution in [-0.4, -0.2) is 15.8 Å². The first-order valence-corrected chi connectivity index (χ1v) is 6.60. The number of ketones is 1. The lowest BCUT2D eigenvalue weighted by Crippen LogP contribution is -2.07. The van der Waals surface area contributed by atoms with Gasteiger partial charge in [-0.15, -0.1) is 0 Å². The second-order valence-corrected chi connectivity index (χ2v) is 5.03. The Morgan fingerprint density at radius 2 is 1.95 bits per heavy atom. The molecule has 0 atom stereocenters. The summed E-state index contributed by atoms with van der Waals surface area (Å²) in [5.41, 5.74) is 1.63. The van der Waals surface area contributed by atoms with Crippen molar-refractivity contribution >= 4 is 22.4 Å². The number of benzene rings is 1. The van der Waals surface area contributed by atoms with Crippen molar-refractivity contribution < 1.29 is 13.6 Å². The SMILES string of the molecule is C=C(C)c1cnc2[nH]cc(C(=O)c3c(F)cccc3F)c2c1. The number of carbonyl (C=O) groups excluding carboxylic acids is 1. The number of rotatable bonds is 3. The summed E-state index contributed by atoms with van der Waals surface area (Å²) >= 11 is 0. The van der Waals surface area contributed by atoms with Crippen LogP contribution in [0.4, 0.5) is 8.78 Å². The van der Waals surface area contributed by atoms with Crippen LogP contribution in [-0.2, 0) is 0 Å². The Labute approximate surface area is 125 Å². The molecule has 1 N–H and O–H groups in total. The van der Waals surface area contributed by atoms with Crippen molar-refractivity contribution in [3.05, 3.63) is 71.6 Å². The van der Waals surface area contributed by atoms with Gasteiger partial charge in [-0.3, -0.25) is 4.79 Å². The molecule has 3 aromatic rings. The Bertz CT molecular complexity index is 892. The Morgan fingerprint density at radius 1 is 1.27 bits per heavy atom.